The summed E-state index contributed by atoms with van der Waals surface area (Å²) in [4.78, 5) is 26.9. The van der Waals surface area contributed by atoms with Crippen LogP contribution >= 0.6 is 0 Å². The van der Waals surface area contributed by atoms with Gasteiger partial charge in [-0.2, -0.15) is 0 Å². The maximum Gasteiger partial charge on any atom is 0.306 e. The van der Waals surface area contributed by atoms with E-state index >= 15 is 0 Å². The van der Waals surface area contributed by atoms with Crippen LogP contribution in [0.15, 0.2) is 24.5 Å². The Morgan fingerprint density at radius 3 is 2.53 bits per heavy atom. The molecule has 1 unspecified atom stereocenters. The van der Waals surface area contributed by atoms with Crippen molar-refractivity contribution in [1.29, 1.82) is 0 Å². The van der Waals surface area contributed by atoms with Crippen LogP contribution in [0.25, 0.3) is 0 Å². The smallest absolute Gasteiger partial charge is 0.306 e. The predicted molar refractivity (Wildman–Crippen MR) is 69.3 cm³/mol. The normalized spacial score (nSPS) is 23.8. The van der Waals surface area contributed by atoms with Crippen molar-refractivity contribution < 1.29 is 14.7 Å². The van der Waals surface area contributed by atoms with Crippen molar-refractivity contribution in [3.05, 3.63) is 30.1 Å². The van der Waals surface area contributed by atoms with Crippen molar-refractivity contribution in [2.75, 3.05) is 0 Å². The number of nitrogens with one attached hydrogen (secondary N) is 1. The van der Waals surface area contributed by atoms with Crippen molar-refractivity contribution >= 4 is 11.9 Å². The molecular formula is C14H18N2O3. The van der Waals surface area contributed by atoms with Gasteiger partial charge in [0, 0.05) is 18.3 Å². The maximum absolute atomic E-state index is 12.1. The second kappa shape index (κ2) is 5.82. The highest BCUT2D eigenvalue weighted by atomic mass is 16.4. The van der Waals surface area contributed by atoms with Gasteiger partial charge in [-0.3, -0.25) is 14.6 Å². The van der Waals surface area contributed by atoms with E-state index in [0.29, 0.717) is 19.3 Å². The predicted octanol–water partition coefficient (Wildman–Crippen LogP) is 1.76. The van der Waals surface area contributed by atoms with Gasteiger partial charge in [-0.15, -0.1) is 0 Å². The Labute approximate surface area is 112 Å². The summed E-state index contributed by atoms with van der Waals surface area (Å²) in [6.45, 7) is 1.91. The summed E-state index contributed by atoms with van der Waals surface area (Å²) in [5, 5.41) is 11.9. The largest absolute Gasteiger partial charge is 0.481 e. The molecule has 2 N–H and O–H groups in total. The molecule has 0 spiro atoms. The van der Waals surface area contributed by atoms with Gasteiger partial charge in [-0.1, -0.05) is 0 Å². The van der Waals surface area contributed by atoms with E-state index < -0.39 is 5.97 Å². The lowest BCUT2D eigenvalue weighted by Gasteiger charge is -2.17. The molecule has 1 amide bonds. The highest BCUT2D eigenvalue weighted by Crippen LogP contribution is 2.31. The van der Waals surface area contributed by atoms with Crippen molar-refractivity contribution in [2.24, 2.45) is 11.8 Å². The first kappa shape index (κ1) is 13.5. The fourth-order valence-electron chi connectivity index (χ4n) is 2.51. The summed E-state index contributed by atoms with van der Waals surface area (Å²) < 4.78 is 0. The number of nitrogens with zero attached hydrogens (tertiary/aromatic N) is 1. The molecule has 1 heterocycles. The molecule has 0 aromatic carbocycles. The van der Waals surface area contributed by atoms with Gasteiger partial charge in [0.05, 0.1) is 12.0 Å². The fourth-order valence-corrected chi connectivity index (χ4v) is 2.51. The third-order valence-corrected chi connectivity index (χ3v) is 3.72. The summed E-state index contributed by atoms with van der Waals surface area (Å²) >= 11 is 0. The summed E-state index contributed by atoms with van der Waals surface area (Å²) in [7, 11) is 0. The second-order valence-corrected chi connectivity index (χ2v) is 5.06. The van der Waals surface area contributed by atoms with E-state index in [0.717, 1.165) is 5.56 Å². The maximum atomic E-state index is 12.1. The third kappa shape index (κ3) is 3.30. The zero-order valence-electron chi connectivity index (χ0n) is 10.9. The zero-order chi connectivity index (χ0) is 13.8. The minimum absolute atomic E-state index is 0.0481. The lowest BCUT2D eigenvalue weighted by atomic mass is 10.0. The average Bonchev–Trinajstić information content (AvgIpc) is 2.89. The van der Waals surface area contributed by atoms with Crippen LogP contribution in [0.2, 0.25) is 0 Å². The first-order chi connectivity index (χ1) is 9.08. The minimum atomic E-state index is -0.794. The molecule has 1 saturated carbocycles. The molecule has 0 aliphatic heterocycles. The Kier molecular flexibility index (Phi) is 4.14. The van der Waals surface area contributed by atoms with Crippen LogP contribution in [0.3, 0.4) is 0 Å². The Morgan fingerprint density at radius 1 is 1.32 bits per heavy atom. The number of carbonyl (C=O) groups excluding carboxylic acids is 1. The minimum Gasteiger partial charge on any atom is -0.481 e. The molecule has 1 aliphatic carbocycles. The van der Waals surface area contributed by atoms with E-state index in [-0.39, 0.29) is 23.8 Å². The van der Waals surface area contributed by atoms with Gasteiger partial charge < -0.3 is 10.4 Å². The fraction of sp³-hybridized carbons (Fsp3) is 0.500. The lowest BCUT2D eigenvalue weighted by molar-refractivity contribution is -0.141. The van der Waals surface area contributed by atoms with E-state index in [1.807, 2.05) is 19.1 Å². The Balaban J connectivity index is 1.90. The average molecular weight is 262 g/mol. The molecule has 0 radical (unpaired) electrons. The van der Waals surface area contributed by atoms with Crippen molar-refractivity contribution in [3.63, 3.8) is 0 Å². The molecular weight excluding hydrogens is 244 g/mol. The molecule has 19 heavy (non-hydrogen) atoms. The van der Waals surface area contributed by atoms with Crippen LogP contribution in [-0.4, -0.2) is 22.0 Å². The van der Waals surface area contributed by atoms with E-state index in [1.54, 1.807) is 12.4 Å². The number of rotatable bonds is 4. The van der Waals surface area contributed by atoms with Gasteiger partial charge >= 0.3 is 5.97 Å². The molecule has 5 heteroatoms. The standard InChI is InChI=1S/C14H18N2O3/c1-9(10-4-6-15-7-5-10)16-13(17)11-2-3-12(8-11)14(18)19/h4-7,9,11-12H,2-3,8H2,1H3,(H,16,17)(H,18,19)/t9?,11-,12+/m1/s1. The van der Waals surface area contributed by atoms with Crippen molar-refractivity contribution in [3.8, 4) is 0 Å². The van der Waals surface area contributed by atoms with Crippen LogP contribution < -0.4 is 5.32 Å². The van der Waals surface area contributed by atoms with Gasteiger partial charge in [0.2, 0.25) is 5.91 Å². The summed E-state index contributed by atoms with van der Waals surface area (Å²) in [6, 6.07) is 3.64. The third-order valence-electron chi connectivity index (χ3n) is 3.72. The van der Waals surface area contributed by atoms with Gasteiger partial charge in [-0.05, 0) is 43.9 Å². The summed E-state index contributed by atoms with van der Waals surface area (Å²) in [5.74, 6) is -1.39. The van der Waals surface area contributed by atoms with E-state index in [2.05, 4.69) is 10.3 Å². The first-order valence-corrected chi connectivity index (χ1v) is 6.51. The van der Waals surface area contributed by atoms with Gasteiger partial charge in [0.1, 0.15) is 0 Å². The molecule has 1 fully saturated rings. The molecule has 3 atom stereocenters. The second-order valence-electron chi connectivity index (χ2n) is 5.06. The number of pyridine rings is 1. The molecule has 5 nitrogen and oxygen atoms in total. The molecule has 1 aliphatic rings. The van der Waals surface area contributed by atoms with Gasteiger partial charge in [0.25, 0.3) is 0 Å². The Hall–Kier alpha value is -1.91. The Bertz CT molecular complexity index is 461. The summed E-state index contributed by atoms with van der Waals surface area (Å²) in [6.07, 6.45) is 5.08. The highest BCUT2D eigenvalue weighted by Gasteiger charge is 2.34. The van der Waals surface area contributed by atoms with E-state index in [4.69, 9.17) is 5.11 Å². The van der Waals surface area contributed by atoms with Crippen LogP contribution in [0, 0.1) is 11.8 Å². The number of carbonyl (C=O) groups is 2. The summed E-state index contributed by atoms with van der Waals surface area (Å²) in [5.41, 5.74) is 0.996. The van der Waals surface area contributed by atoms with Crippen LogP contribution in [0.1, 0.15) is 37.8 Å². The number of aromatic nitrogens is 1. The number of carboxylic acid groups (broad SMARTS) is 1. The van der Waals surface area contributed by atoms with E-state index in [1.165, 1.54) is 0 Å². The van der Waals surface area contributed by atoms with E-state index in [9.17, 15) is 9.59 Å². The van der Waals surface area contributed by atoms with Crippen LogP contribution in [0.5, 0.6) is 0 Å². The zero-order valence-corrected chi connectivity index (χ0v) is 10.9. The molecule has 1 aromatic rings. The molecule has 102 valence electrons. The lowest BCUT2D eigenvalue weighted by Crippen LogP contribution is -2.32. The van der Waals surface area contributed by atoms with Crippen LogP contribution in [-0.2, 0) is 9.59 Å². The molecule has 2 rings (SSSR count). The molecule has 0 saturated heterocycles. The van der Waals surface area contributed by atoms with Gasteiger partial charge in [0.15, 0.2) is 0 Å². The van der Waals surface area contributed by atoms with Crippen molar-refractivity contribution in [2.45, 2.75) is 32.2 Å². The van der Waals surface area contributed by atoms with Gasteiger partial charge in [-0.25, -0.2) is 0 Å². The molecule has 0 bridgehead atoms. The molecule has 1 aromatic heterocycles. The number of hydrogen-bond donors (Lipinski definition) is 2. The topological polar surface area (TPSA) is 79.3 Å². The van der Waals surface area contributed by atoms with Crippen molar-refractivity contribution in [1.82, 2.24) is 10.3 Å². The number of hydrogen-bond acceptors (Lipinski definition) is 3. The quantitative estimate of drug-likeness (QED) is 0.866. The number of amides is 1. The number of aliphatic carboxylic acids is 1. The number of carboxylic acids is 1. The Morgan fingerprint density at radius 2 is 1.95 bits per heavy atom. The van der Waals surface area contributed by atoms with Crippen LogP contribution in [0.4, 0.5) is 0 Å². The first-order valence-electron chi connectivity index (χ1n) is 6.51. The monoisotopic (exact) mass is 262 g/mol. The highest BCUT2D eigenvalue weighted by molar-refractivity contribution is 5.81. The SMILES string of the molecule is CC(NC(=O)[C@@H]1CC[C@H](C(=O)O)C1)c1ccncc1.